The Kier molecular flexibility index (Phi) is 3.40. The zero-order valence-electron chi connectivity index (χ0n) is 10.2. The summed E-state index contributed by atoms with van der Waals surface area (Å²) >= 11 is 0. The second-order valence-corrected chi connectivity index (χ2v) is 4.85. The van der Waals surface area contributed by atoms with Crippen LogP contribution in [0.5, 0.6) is 0 Å². The van der Waals surface area contributed by atoms with Gasteiger partial charge in [0.25, 0.3) is 0 Å². The Hall–Kier alpha value is -1.79. The largest absolute Gasteiger partial charge is 0.409 e. The fraction of sp³-hybridized carbons (Fsp3) is 0.727. The monoisotopic (exact) mass is 254 g/mol. The minimum atomic E-state index is -0.890. The molecule has 2 fully saturated rings. The summed E-state index contributed by atoms with van der Waals surface area (Å²) in [5, 5.41) is 14.5. The van der Waals surface area contributed by atoms with Crippen LogP contribution in [0.15, 0.2) is 5.16 Å². The molecular weight excluding hydrogens is 236 g/mol. The van der Waals surface area contributed by atoms with Gasteiger partial charge in [0.1, 0.15) is 5.41 Å². The van der Waals surface area contributed by atoms with Crippen LogP contribution in [0, 0.1) is 5.41 Å². The molecule has 100 valence electrons. The number of hydrogen-bond donors (Lipinski definition) is 3. The van der Waals surface area contributed by atoms with Gasteiger partial charge in [0, 0.05) is 13.1 Å². The highest BCUT2D eigenvalue weighted by molar-refractivity contribution is 6.08. The molecule has 1 heterocycles. The zero-order valence-corrected chi connectivity index (χ0v) is 10.2. The van der Waals surface area contributed by atoms with Crippen molar-refractivity contribution in [3.05, 3.63) is 0 Å². The molecule has 7 heteroatoms. The first-order valence-electron chi connectivity index (χ1n) is 6.14. The Balaban J connectivity index is 2.16. The number of amides is 2. The SMILES string of the molecule is NC(=NO)C1(C(=O)N2CCCNC(=O)C2)CCC1. The number of carbonyl (C=O) groups excluding carboxylic acids is 2. The Morgan fingerprint density at radius 1 is 1.44 bits per heavy atom. The lowest BCUT2D eigenvalue weighted by Crippen LogP contribution is -2.56. The molecule has 7 nitrogen and oxygen atoms in total. The van der Waals surface area contributed by atoms with E-state index >= 15 is 0 Å². The van der Waals surface area contributed by atoms with Crippen molar-refractivity contribution in [2.75, 3.05) is 19.6 Å². The number of nitrogens with two attached hydrogens (primary N) is 1. The lowest BCUT2D eigenvalue weighted by atomic mass is 9.67. The molecule has 0 unspecified atom stereocenters. The van der Waals surface area contributed by atoms with Crippen LogP contribution in [-0.2, 0) is 9.59 Å². The van der Waals surface area contributed by atoms with Crippen molar-refractivity contribution in [3.63, 3.8) is 0 Å². The highest BCUT2D eigenvalue weighted by Crippen LogP contribution is 2.42. The van der Waals surface area contributed by atoms with Gasteiger partial charge in [-0.05, 0) is 19.3 Å². The second kappa shape index (κ2) is 4.83. The fourth-order valence-electron chi connectivity index (χ4n) is 2.49. The van der Waals surface area contributed by atoms with Gasteiger partial charge in [-0.2, -0.15) is 0 Å². The smallest absolute Gasteiger partial charge is 0.239 e. The molecule has 0 spiro atoms. The molecule has 0 atom stereocenters. The summed E-state index contributed by atoms with van der Waals surface area (Å²) < 4.78 is 0. The zero-order chi connectivity index (χ0) is 13.2. The first-order chi connectivity index (χ1) is 8.60. The van der Waals surface area contributed by atoms with Gasteiger partial charge in [-0.1, -0.05) is 11.6 Å². The molecule has 1 aliphatic heterocycles. The van der Waals surface area contributed by atoms with E-state index < -0.39 is 5.41 Å². The standard InChI is InChI=1S/C11H18N4O3/c12-9(14-18)11(3-1-4-11)10(17)15-6-2-5-13-8(16)7-15/h18H,1-7H2,(H2,12,14)(H,13,16). The van der Waals surface area contributed by atoms with Gasteiger partial charge in [0.2, 0.25) is 11.8 Å². The molecular formula is C11H18N4O3. The van der Waals surface area contributed by atoms with Crippen LogP contribution in [-0.4, -0.2) is 47.4 Å². The van der Waals surface area contributed by atoms with E-state index in [4.69, 9.17) is 10.9 Å². The highest BCUT2D eigenvalue weighted by Gasteiger charge is 2.50. The van der Waals surface area contributed by atoms with E-state index in [1.54, 1.807) is 0 Å². The van der Waals surface area contributed by atoms with Gasteiger partial charge >= 0.3 is 0 Å². The lowest BCUT2D eigenvalue weighted by molar-refractivity contribution is -0.144. The Morgan fingerprint density at radius 2 is 2.17 bits per heavy atom. The Bertz CT molecular complexity index is 390. The molecule has 0 radical (unpaired) electrons. The fourth-order valence-corrected chi connectivity index (χ4v) is 2.49. The predicted molar refractivity (Wildman–Crippen MR) is 63.9 cm³/mol. The summed E-state index contributed by atoms with van der Waals surface area (Å²) in [6.07, 6.45) is 2.77. The van der Waals surface area contributed by atoms with E-state index in [0.717, 1.165) is 12.8 Å². The lowest BCUT2D eigenvalue weighted by Gasteiger charge is -2.41. The normalized spacial score (nSPS) is 23.9. The van der Waals surface area contributed by atoms with Crippen LogP contribution >= 0.6 is 0 Å². The molecule has 0 bridgehead atoms. The molecule has 2 rings (SSSR count). The maximum Gasteiger partial charge on any atom is 0.239 e. The quantitative estimate of drug-likeness (QED) is 0.261. The minimum absolute atomic E-state index is 0.0385. The van der Waals surface area contributed by atoms with Gasteiger partial charge in [-0.25, -0.2) is 0 Å². The highest BCUT2D eigenvalue weighted by atomic mass is 16.4. The van der Waals surface area contributed by atoms with Crippen LogP contribution in [0.2, 0.25) is 0 Å². The number of carbonyl (C=O) groups is 2. The van der Waals surface area contributed by atoms with Gasteiger partial charge in [0.05, 0.1) is 6.54 Å². The first-order valence-corrected chi connectivity index (χ1v) is 6.14. The molecule has 0 aromatic rings. The third kappa shape index (κ3) is 2.00. The van der Waals surface area contributed by atoms with Gasteiger partial charge < -0.3 is 21.2 Å². The number of amidine groups is 1. The van der Waals surface area contributed by atoms with Crippen LogP contribution in [0.25, 0.3) is 0 Å². The molecule has 2 amide bonds. The summed E-state index contributed by atoms with van der Waals surface area (Å²) in [6.45, 7) is 1.16. The first kappa shape index (κ1) is 12.7. The van der Waals surface area contributed by atoms with E-state index in [1.165, 1.54) is 4.90 Å². The van der Waals surface area contributed by atoms with Gasteiger partial charge in [-0.3, -0.25) is 9.59 Å². The van der Waals surface area contributed by atoms with Crippen LogP contribution in [0.3, 0.4) is 0 Å². The number of nitrogens with zero attached hydrogens (tertiary/aromatic N) is 2. The molecule has 1 saturated heterocycles. The molecule has 18 heavy (non-hydrogen) atoms. The molecule has 4 N–H and O–H groups in total. The number of nitrogens with one attached hydrogen (secondary N) is 1. The van der Waals surface area contributed by atoms with Crippen molar-refractivity contribution in [1.82, 2.24) is 10.2 Å². The van der Waals surface area contributed by atoms with E-state index in [0.29, 0.717) is 25.9 Å². The van der Waals surface area contributed by atoms with Crippen molar-refractivity contribution in [2.24, 2.45) is 16.3 Å². The summed E-state index contributed by atoms with van der Waals surface area (Å²) in [5.74, 6) is -0.390. The van der Waals surface area contributed by atoms with Crippen LogP contribution in [0.1, 0.15) is 25.7 Å². The molecule has 2 aliphatic rings. The Morgan fingerprint density at radius 3 is 2.72 bits per heavy atom. The minimum Gasteiger partial charge on any atom is -0.409 e. The number of hydrogen-bond acceptors (Lipinski definition) is 4. The van der Waals surface area contributed by atoms with Crippen molar-refractivity contribution < 1.29 is 14.8 Å². The number of oxime groups is 1. The number of rotatable bonds is 2. The van der Waals surface area contributed by atoms with Crippen LogP contribution in [0.4, 0.5) is 0 Å². The van der Waals surface area contributed by atoms with E-state index in [1.807, 2.05) is 0 Å². The second-order valence-electron chi connectivity index (χ2n) is 4.85. The summed E-state index contributed by atoms with van der Waals surface area (Å²) in [4.78, 5) is 25.4. The van der Waals surface area contributed by atoms with E-state index in [2.05, 4.69) is 10.5 Å². The van der Waals surface area contributed by atoms with Crippen molar-refractivity contribution in [3.8, 4) is 0 Å². The van der Waals surface area contributed by atoms with Crippen molar-refractivity contribution >= 4 is 17.6 Å². The van der Waals surface area contributed by atoms with Crippen molar-refractivity contribution in [2.45, 2.75) is 25.7 Å². The Labute approximate surface area is 105 Å². The molecule has 0 aromatic carbocycles. The third-order valence-electron chi connectivity index (χ3n) is 3.76. The summed E-state index contributed by atoms with van der Waals surface area (Å²) in [6, 6.07) is 0. The average molecular weight is 254 g/mol. The summed E-state index contributed by atoms with van der Waals surface area (Å²) in [5.41, 5.74) is 4.76. The molecule has 1 aliphatic carbocycles. The van der Waals surface area contributed by atoms with E-state index in [-0.39, 0.29) is 24.2 Å². The van der Waals surface area contributed by atoms with E-state index in [9.17, 15) is 9.59 Å². The van der Waals surface area contributed by atoms with Crippen LogP contribution < -0.4 is 11.1 Å². The maximum atomic E-state index is 12.5. The van der Waals surface area contributed by atoms with Crippen molar-refractivity contribution in [1.29, 1.82) is 0 Å². The topological polar surface area (TPSA) is 108 Å². The molecule has 1 saturated carbocycles. The molecule has 0 aromatic heterocycles. The summed E-state index contributed by atoms with van der Waals surface area (Å²) in [7, 11) is 0. The third-order valence-corrected chi connectivity index (χ3v) is 3.76. The predicted octanol–water partition coefficient (Wildman–Crippen LogP) is -0.748. The average Bonchev–Trinajstić information content (AvgIpc) is 2.52. The van der Waals surface area contributed by atoms with Gasteiger partial charge in [0.15, 0.2) is 5.84 Å². The van der Waals surface area contributed by atoms with Gasteiger partial charge in [-0.15, -0.1) is 0 Å². The maximum absolute atomic E-state index is 12.5.